The summed E-state index contributed by atoms with van der Waals surface area (Å²) in [5.41, 5.74) is 1.41. The summed E-state index contributed by atoms with van der Waals surface area (Å²) in [6, 6.07) is 0. The van der Waals surface area contributed by atoms with Crippen molar-refractivity contribution in [2.75, 3.05) is 13.2 Å². The maximum atomic E-state index is 9.93. The molecule has 3 nitrogen and oxygen atoms in total. The SMILES string of the molecule is CC(C)(C)NCC(O)COc1csc2c1CCCC2.Cl. The van der Waals surface area contributed by atoms with E-state index in [1.165, 1.54) is 29.7 Å². The number of fused-ring (bicyclic) bond motifs is 1. The first-order chi connectivity index (χ1) is 8.96. The largest absolute Gasteiger partial charge is 0.490 e. The normalized spacial score (nSPS) is 16.2. The second-order valence-electron chi connectivity index (χ2n) is 6.30. The van der Waals surface area contributed by atoms with Gasteiger partial charge < -0.3 is 15.2 Å². The number of β-amino-alcohol motifs (C(OH)–C–C–N with tert-alkyl or cyclic N) is 1. The van der Waals surface area contributed by atoms with Crippen LogP contribution >= 0.6 is 23.7 Å². The molecule has 0 amide bonds. The minimum absolute atomic E-state index is 0. The van der Waals surface area contributed by atoms with Crippen LogP contribution in [-0.2, 0) is 12.8 Å². The molecule has 1 aliphatic rings. The maximum absolute atomic E-state index is 9.93. The van der Waals surface area contributed by atoms with Crippen LogP contribution in [0.4, 0.5) is 0 Å². The Kier molecular flexibility index (Phi) is 6.79. The lowest BCUT2D eigenvalue weighted by Gasteiger charge is -2.23. The molecule has 1 heterocycles. The molecule has 2 N–H and O–H groups in total. The highest BCUT2D eigenvalue weighted by molar-refractivity contribution is 7.10. The molecule has 1 aliphatic carbocycles. The van der Waals surface area contributed by atoms with Crippen LogP contribution < -0.4 is 10.1 Å². The molecule has 0 saturated carbocycles. The molecular weight excluding hydrogens is 294 g/mol. The smallest absolute Gasteiger partial charge is 0.133 e. The van der Waals surface area contributed by atoms with E-state index < -0.39 is 6.10 Å². The number of thiophene rings is 1. The van der Waals surface area contributed by atoms with E-state index >= 15 is 0 Å². The number of hydrogen-bond acceptors (Lipinski definition) is 4. The van der Waals surface area contributed by atoms with E-state index in [0.29, 0.717) is 13.2 Å². The van der Waals surface area contributed by atoms with E-state index in [1.807, 2.05) is 0 Å². The second-order valence-corrected chi connectivity index (χ2v) is 7.27. The Morgan fingerprint density at radius 2 is 2.05 bits per heavy atom. The van der Waals surface area contributed by atoms with Crippen LogP contribution in [-0.4, -0.2) is 29.9 Å². The summed E-state index contributed by atoms with van der Waals surface area (Å²) in [4.78, 5) is 1.48. The number of aryl methyl sites for hydroxylation is 1. The van der Waals surface area contributed by atoms with Gasteiger partial charge in [-0.15, -0.1) is 23.7 Å². The van der Waals surface area contributed by atoms with Gasteiger partial charge in [0.25, 0.3) is 0 Å². The van der Waals surface area contributed by atoms with Crippen molar-refractivity contribution in [3.05, 3.63) is 15.8 Å². The van der Waals surface area contributed by atoms with E-state index in [4.69, 9.17) is 4.74 Å². The minimum atomic E-state index is -0.460. The molecule has 0 aliphatic heterocycles. The zero-order chi connectivity index (χ0) is 13.9. The summed E-state index contributed by atoms with van der Waals surface area (Å²) in [6.45, 7) is 7.21. The monoisotopic (exact) mass is 319 g/mol. The molecule has 20 heavy (non-hydrogen) atoms. The number of aliphatic hydroxyl groups excluding tert-OH is 1. The summed E-state index contributed by atoms with van der Waals surface area (Å²) in [5, 5.41) is 15.3. The Labute approximate surface area is 132 Å². The van der Waals surface area contributed by atoms with Gasteiger partial charge in [0.2, 0.25) is 0 Å². The van der Waals surface area contributed by atoms with Crippen LogP contribution in [0.25, 0.3) is 0 Å². The average molecular weight is 320 g/mol. The van der Waals surface area contributed by atoms with Crippen molar-refractivity contribution in [2.45, 2.75) is 58.1 Å². The molecule has 0 aromatic carbocycles. The van der Waals surface area contributed by atoms with Gasteiger partial charge in [-0.2, -0.15) is 0 Å². The molecule has 116 valence electrons. The van der Waals surface area contributed by atoms with Crippen LogP contribution in [0.3, 0.4) is 0 Å². The number of aliphatic hydroxyl groups is 1. The third-order valence-electron chi connectivity index (χ3n) is 3.32. The third-order valence-corrected chi connectivity index (χ3v) is 4.39. The first-order valence-electron chi connectivity index (χ1n) is 7.11. The zero-order valence-corrected chi connectivity index (χ0v) is 14.2. The molecule has 0 radical (unpaired) electrons. The molecule has 0 bridgehead atoms. The number of hydrogen-bond donors (Lipinski definition) is 2. The molecule has 2 rings (SSSR count). The van der Waals surface area contributed by atoms with E-state index in [1.54, 1.807) is 11.3 Å². The van der Waals surface area contributed by atoms with Crippen molar-refractivity contribution in [3.63, 3.8) is 0 Å². The second kappa shape index (κ2) is 7.64. The molecule has 1 atom stereocenters. The summed E-state index contributed by atoms with van der Waals surface area (Å²) in [5.74, 6) is 0.995. The first-order valence-corrected chi connectivity index (χ1v) is 7.99. The number of nitrogens with one attached hydrogen (secondary N) is 1. The highest BCUT2D eigenvalue weighted by atomic mass is 35.5. The van der Waals surface area contributed by atoms with Crippen molar-refractivity contribution < 1.29 is 9.84 Å². The lowest BCUT2D eigenvalue weighted by atomic mass is 9.99. The molecule has 1 aromatic rings. The van der Waals surface area contributed by atoms with Gasteiger partial charge in [0, 0.05) is 27.9 Å². The summed E-state index contributed by atoms with van der Waals surface area (Å²) in [7, 11) is 0. The maximum Gasteiger partial charge on any atom is 0.133 e. The summed E-state index contributed by atoms with van der Waals surface area (Å²) >= 11 is 1.80. The van der Waals surface area contributed by atoms with E-state index in [2.05, 4.69) is 31.5 Å². The Hall–Kier alpha value is -0.290. The van der Waals surface area contributed by atoms with Crippen LogP contribution in [0.1, 0.15) is 44.1 Å². The lowest BCUT2D eigenvalue weighted by molar-refractivity contribution is 0.0997. The van der Waals surface area contributed by atoms with Gasteiger partial charge in [0.15, 0.2) is 0 Å². The average Bonchev–Trinajstić information content (AvgIpc) is 2.76. The van der Waals surface area contributed by atoms with Crippen molar-refractivity contribution in [1.29, 1.82) is 0 Å². The van der Waals surface area contributed by atoms with Crippen molar-refractivity contribution >= 4 is 23.7 Å². The molecule has 0 spiro atoms. The Balaban J connectivity index is 0.00000200. The van der Waals surface area contributed by atoms with Gasteiger partial charge in [-0.25, -0.2) is 0 Å². The molecule has 1 aromatic heterocycles. The van der Waals surface area contributed by atoms with Crippen molar-refractivity contribution in [3.8, 4) is 5.75 Å². The number of halogens is 1. The van der Waals surface area contributed by atoms with Gasteiger partial charge in [-0.05, 0) is 46.5 Å². The van der Waals surface area contributed by atoms with Gasteiger partial charge in [-0.1, -0.05) is 0 Å². The standard InChI is InChI=1S/C15H25NO2S.ClH/c1-15(2,3)16-8-11(17)9-18-13-10-19-14-7-5-4-6-12(13)14;/h10-11,16-17H,4-9H2,1-3H3;1H. The summed E-state index contributed by atoms with van der Waals surface area (Å²) < 4.78 is 5.79. The highest BCUT2D eigenvalue weighted by Crippen LogP contribution is 2.35. The van der Waals surface area contributed by atoms with Crippen molar-refractivity contribution in [1.82, 2.24) is 5.32 Å². The fourth-order valence-corrected chi connectivity index (χ4v) is 3.32. The van der Waals surface area contributed by atoms with Crippen LogP contribution in [0.5, 0.6) is 5.75 Å². The van der Waals surface area contributed by atoms with E-state index in [0.717, 1.165) is 12.2 Å². The predicted octanol–water partition coefficient (Wildman–Crippen LogP) is 3.18. The van der Waals surface area contributed by atoms with Crippen LogP contribution in [0.2, 0.25) is 0 Å². The fraction of sp³-hybridized carbons (Fsp3) is 0.733. The molecular formula is C15H26ClNO2S. The highest BCUT2D eigenvalue weighted by Gasteiger charge is 2.18. The minimum Gasteiger partial charge on any atom is -0.490 e. The number of ether oxygens (including phenoxy) is 1. The number of rotatable bonds is 5. The predicted molar refractivity (Wildman–Crippen MR) is 87.5 cm³/mol. The Morgan fingerprint density at radius 1 is 1.35 bits per heavy atom. The Morgan fingerprint density at radius 3 is 2.75 bits per heavy atom. The fourth-order valence-electron chi connectivity index (χ4n) is 2.25. The molecule has 0 saturated heterocycles. The van der Waals surface area contributed by atoms with Crippen molar-refractivity contribution in [2.24, 2.45) is 0 Å². The van der Waals surface area contributed by atoms with E-state index in [9.17, 15) is 5.11 Å². The molecule has 1 unspecified atom stereocenters. The van der Waals surface area contributed by atoms with Crippen LogP contribution in [0, 0.1) is 0 Å². The zero-order valence-electron chi connectivity index (χ0n) is 12.6. The first kappa shape index (κ1) is 17.8. The molecule has 0 fully saturated rings. The molecule has 5 heteroatoms. The Bertz CT molecular complexity index is 414. The van der Waals surface area contributed by atoms with E-state index in [-0.39, 0.29) is 17.9 Å². The summed E-state index contributed by atoms with van der Waals surface area (Å²) in [6.07, 6.45) is 4.42. The van der Waals surface area contributed by atoms with Crippen LogP contribution in [0.15, 0.2) is 5.38 Å². The lowest BCUT2D eigenvalue weighted by Crippen LogP contribution is -2.42. The topological polar surface area (TPSA) is 41.5 Å². The van der Waals surface area contributed by atoms with Gasteiger partial charge in [0.05, 0.1) is 0 Å². The van der Waals surface area contributed by atoms with Gasteiger partial charge in [0.1, 0.15) is 18.5 Å². The quantitative estimate of drug-likeness (QED) is 0.876. The third kappa shape index (κ3) is 5.24. The van der Waals surface area contributed by atoms with Gasteiger partial charge >= 0.3 is 0 Å². The van der Waals surface area contributed by atoms with Gasteiger partial charge in [-0.3, -0.25) is 0 Å².